The van der Waals surface area contributed by atoms with Gasteiger partial charge in [0.15, 0.2) is 0 Å². The quantitative estimate of drug-likeness (QED) is 0.594. The van der Waals surface area contributed by atoms with Crippen LogP contribution >= 0.6 is 11.3 Å². The lowest BCUT2D eigenvalue weighted by molar-refractivity contribution is 0.416. The van der Waals surface area contributed by atoms with Gasteiger partial charge in [-0.25, -0.2) is 4.68 Å². The Morgan fingerprint density at radius 1 is 1.14 bits per heavy atom. The molecule has 0 aliphatic rings. The van der Waals surface area contributed by atoms with Crippen molar-refractivity contribution in [3.05, 3.63) is 69.8 Å². The highest BCUT2D eigenvalue weighted by molar-refractivity contribution is 7.07. The molecule has 0 spiro atoms. The van der Waals surface area contributed by atoms with E-state index >= 15 is 0 Å². The molecular formula is C22H22N4OS. The molecule has 0 aliphatic carbocycles. The van der Waals surface area contributed by atoms with E-state index in [2.05, 4.69) is 11.4 Å². The molecule has 1 heterocycles. The maximum atomic E-state index is 9.00. The van der Waals surface area contributed by atoms with Gasteiger partial charge in [0.05, 0.1) is 30.1 Å². The minimum Gasteiger partial charge on any atom is -0.496 e. The van der Waals surface area contributed by atoms with E-state index in [9.17, 15) is 0 Å². The number of methoxy groups -OCH3 is 1. The SMILES string of the molecule is COc1ccccc1-c1csc(=NC(C)C)n1N=C(C)c1ccc(C#N)cc1. The van der Waals surface area contributed by atoms with E-state index in [0.29, 0.717) is 5.56 Å². The smallest absolute Gasteiger partial charge is 0.206 e. The summed E-state index contributed by atoms with van der Waals surface area (Å²) >= 11 is 1.55. The predicted octanol–water partition coefficient (Wildman–Crippen LogP) is 4.68. The van der Waals surface area contributed by atoms with Gasteiger partial charge >= 0.3 is 0 Å². The molecule has 1 aromatic heterocycles. The highest BCUT2D eigenvalue weighted by atomic mass is 32.1. The van der Waals surface area contributed by atoms with Gasteiger partial charge in [0, 0.05) is 17.0 Å². The molecular weight excluding hydrogens is 368 g/mol. The Balaban J connectivity index is 2.17. The van der Waals surface area contributed by atoms with Gasteiger partial charge in [-0.15, -0.1) is 11.3 Å². The van der Waals surface area contributed by atoms with E-state index in [1.54, 1.807) is 30.6 Å². The first-order valence-electron chi connectivity index (χ1n) is 8.97. The van der Waals surface area contributed by atoms with Gasteiger partial charge in [0.1, 0.15) is 5.75 Å². The Hall–Kier alpha value is -3.17. The van der Waals surface area contributed by atoms with Crippen LogP contribution in [0.5, 0.6) is 5.75 Å². The highest BCUT2D eigenvalue weighted by Crippen LogP contribution is 2.30. The zero-order valence-electron chi connectivity index (χ0n) is 16.4. The number of thiazole rings is 1. The minimum absolute atomic E-state index is 0.154. The molecule has 142 valence electrons. The summed E-state index contributed by atoms with van der Waals surface area (Å²) in [7, 11) is 1.67. The second-order valence-corrected chi connectivity index (χ2v) is 7.35. The highest BCUT2D eigenvalue weighted by Gasteiger charge is 2.13. The number of hydrogen-bond donors (Lipinski definition) is 0. The molecule has 0 unspecified atom stereocenters. The van der Waals surface area contributed by atoms with E-state index in [0.717, 1.165) is 33.1 Å². The lowest BCUT2D eigenvalue weighted by atomic mass is 10.1. The van der Waals surface area contributed by atoms with E-state index in [-0.39, 0.29) is 6.04 Å². The standard InChI is InChI=1S/C22H22N4OS/c1-15(2)24-22-26(25-16(3)18-11-9-17(13-23)10-12-18)20(14-28-22)19-7-5-6-8-21(19)27-4/h5-12,14-15H,1-4H3. The van der Waals surface area contributed by atoms with Crippen molar-refractivity contribution in [1.82, 2.24) is 4.68 Å². The molecule has 28 heavy (non-hydrogen) atoms. The molecule has 0 atom stereocenters. The van der Waals surface area contributed by atoms with Gasteiger partial charge in [-0.2, -0.15) is 10.4 Å². The maximum absolute atomic E-state index is 9.00. The van der Waals surface area contributed by atoms with Crippen molar-refractivity contribution in [2.75, 3.05) is 7.11 Å². The van der Waals surface area contributed by atoms with Gasteiger partial charge in [0.2, 0.25) is 4.80 Å². The summed E-state index contributed by atoms with van der Waals surface area (Å²) in [5.74, 6) is 0.788. The average molecular weight is 391 g/mol. The van der Waals surface area contributed by atoms with Crippen LogP contribution in [0.3, 0.4) is 0 Å². The van der Waals surface area contributed by atoms with E-state index < -0.39 is 0 Å². The first-order valence-corrected chi connectivity index (χ1v) is 9.85. The lowest BCUT2D eigenvalue weighted by Crippen LogP contribution is -2.16. The van der Waals surface area contributed by atoms with Crippen molar-refractivity contribution >= 4 is 17.0 Å². The molecule has 5 nitrogen and oxygen atoms in total. The second kappa shape index (κ2) is 8.68. The fourth-order valence-electron chi connectivity index (χ4n) is 2.74. The van der Waals surface area contributed by atoms with Gasteiger partial charge in [-0.1, -0.05) is 24.3 Å². The second-order valence-electron chi connectivity index (χ2n) is 6.51. The molecule has 0 saturated heterocycles. The summed E-state index contributed by atoms with van der Waals surface area (Å²) < 4.78 is 7.41. The average Bonchev–Trinajstić information content (AvgIpc) is 3.09. The number of para-hydroxylation sites is 1. The van der Waals surface area contributed by atoms with E-state index in [4.69, 9.17) is 20.1 Å². The van der Waals surface area contributed by atoms with E-state index in [1.165, 1.54) is 0 Å². The van der Waals surface area contributed by atoms with Crippen LogP contribution in [0.2, 0.25) is 0 Å². The summed E-state index contributed by atoms with van der Waals surface area (Å²) in [5.41, 5.74) is 4.31. The maximum Gasteiger partial charge on any atom is 0.206 e. The zero-order valence-corrected chi connectivity index (χ0v) is 17.2. The Labute approximate surface area is 168 Å². The molecule has 0 radical (unpaired) electrons. The minimum atomic E-state index is 0.154. The van der Waals surface area contributed by atoms with Crippen LogP contribution in [0.1, 0.15) is 31.9 Å². The van der Waals surface area contributed by atoms with Crippen LogP contribution in [0.4, 0.5) is 0 Å². The molecule has 6 heteroatoms. The third-order valence-electron chi connectivity index (χ3n) is 4.12. The normalized spacial score (nSPS) is 12.3. The monoisotopic (exact) mass is 390 g/mol. The van der Waals surface area contributed by atoms with Gasteiger partial charge in [-0.3, -0.25) is 4.99 Å². The van der Waals surface area contributed by atoms with Crippen molar-refractivity contribution < 1.29 is 4.74 Å². The summed E-state index contributed by atoms with van der Waals surface area (Å²) in [4.78, 5) is 5.55. The topological polar surface area (TPSA) is 62.7 Å². The van der Waals surface area contributed by atoms with Crippen molar-refractivity contribution in [2.24, 2.45) is 10.1 Å². The van der Waals surface area contributed by atoms with Gasteiger partial charge in [-0.05, 0) is 50.6 Å². The van der Waals surface area contributed by atoms with Crippen LogP contribution in [0.15, 0.2) is 64.0 Å². The fraction of sp³-hybridized carbons (Fsp3) is 0.227. The molecule has 2 aromatic carbocycles. The number of nitriles is 1. The predicted molar refractivity (Wildman–Crippen MR) is 114 cm³/mol. The number of hydrogen-bond acceptors (Lipinski definition) is 5. The van der Waals surface area contributed by atoms with E-state index in [1.807, 2.05) is 61.8 Å². The summed E-state index contributed by atoms with van der Waals surface area (Å²) in [5, 5.41) is 15.9. The van der Waals surface area contributed by atoms with Crippen molar-refractivity contribution in [2.45, 2.75) is 26.8 Å². The Kier molecular flexibility index (Phi) is 6.07. The molecule has 0 N–H and O–H groups in total. The van der Waals surface area contributed by atoms with Crippen LogP contribution in [-0.4, -0.2) is 23.5 Å². The lowest BCUT2D eigenvalue weighted by Gasteiger charge is -2.10. The van der Waals surface area contributed by atoms with Crippen LogP contribution in [-0.2, 0) is 0 Å². The Morgan fingerprint density at radius 2 is 1.86 bits per heavy atom. The molecule has 3 aromatic rings. The third kappa shape index (κ3) is 4.21. The summed E-state index contributed by atoms with van der Waals surface area (Å²) in [6, 6.07) is 17.6. The molecule has 3 rings (SSSR count). The zero-order chi connectivity index (χ0) is 20.1. The number of rotatable bonds is 5. The molecule has 0 bridgehead atoms. The van der Waals surface area contributed by atoms with Crippen molar-refractivity contribution in [3.63, 3.8) is 0 Å². The summed E-state index contributed by atoms with van der Waals surface area (Å²) in [6.07, 6.45) is 0. The van der Waals surface area contributed by atoms with Crippen LogP contribution in [0, 0.1) is 11.3 Å². The summed E-state index contributed by atoms with van der Waals surface area (Å²) in [6.45, 7) is 6.05. The fourth-order valence-corrected chi connectivity index (χ4v) is 3.70. The largest absolute Gasteiger partial charge is 0.496 e. The first-order chi connectivity index (χ1) is 13.5. The molecule has 0 fully saturated rings. The third-order valence-corrected chi connectivity index (χ3v) is 4.95. The molecule has 0 amide bonds. The molecule has 0 aliphatic heterocycles. The van der Waals surface area contributed by atoms with Crippen LogP contribution < -0.4 is 9.54 Å². The first kappa shape index (κ1) is 19.6. The Bertz CT molecular complexity index is 1100. The number of ether oxygens (including phenoxy) is 1. The van der Waals surface area contributed by atoms with Crippen molar-refractivity contribution in [1.29, 1.82) is 5.26 Å². The van der Waals surface area contributed by atoms with Gasteiger partial charge < -0.3 is 4.74 Å². The molecule has 0 saturated carbocycles. The Morgan fingerprint density at radius 3 is 2.50 bits per heavy atom. The number of benzene rings is 2. The van der Waals surface area contributed by atoms with Gasteiger partial charge in [0.25, 0.3) is 0 Å². The number of nitrogens with zero attached hydrogens (tertiary/aromatic N) is 4. The van der Waals surface area contributed by atoms with Crippen molar-refractivity contribution in [3.8, 4) is 23.1 Å². The number of aromatic nitrogens is 1. The van der Waals surface area contributed by atoms with Crippen LogP contribution in [0.25, 0.3) is 11.3 Å².